The quantitative estimate of drug-likeness (QED) is 0.317. The van der Waals surface area contributed by atoms with Crippen LogP contribution >= 0.6 is 0 Å². The number of primary amides is 1. The Kier molecular flexibility index (Phi) is 5.04. The van der Waals surface area contributed by atoms with Gasteiger partial charge in [-0.1, -0.05) is 12.2 Å². The molecule has 2 heterocycles. The van der Waals surface area contributed by atoms with Gasteiger partial charge in [-0.2, -0.15) is 0 Å². The number of fused-ring (bicyclic) bond motifs is 2. The van der Waals surface area contributed by atoms with E-state index in [1.807, 2.05) is 21.3 Å². The summed E-state index contributed by atoms with van der Waals surface area (Å²) < 4.78 is 8.40. The summed E-state index contributed by atoms with van der Waals surface area (Å²) in [7, 11) is 1.33. The summed E-state index contributed by atoms with van der Waals surface area (Å²) in [5, 5.41) is 0. The number of amides is 1. The van der Waals surface area contributed by atoms with E-state index in [2.05, 4.69) is 9.97 Å². The zero-order valence-corrected chi connectivity index (χ0v) is 16.8. The molecule has 10 heteroatoms. The minimum atomic E-state index is -0.515. The van der Waals surface area contributed by atoms with Crippen molar-refractivity contribution in [3.8, 4) is 0 Å². The maximum Gasteiger partial charge on any atom is 0.337 e. The molecule has 31 heavy (non-hydrogen) atoms. The number of carbonyl (C=O) groups excluding carboxylic acids is 2. The average molecular weight is 419 g/mol. The molecule has 0 aliphatic carbocycles. The number of nitrogen functional groups attached to an aromatic ring is 2. The number of aromatic nitrogens is 4. The second-order valence-corrected chi connectivity index (χ2v) is 6.90. The summed E-state index contributed by atoms with van der Waals surface area (Å²) in [6.45, 7) is 0.968. The molecule has 10 nitrogen and oxygen atoms in total. The first kappa shape index (κ1) is 20.0. The number of allylic oxidation sites excluding steroid dienone is 2. The van der Waals surface area contributed by atoms with Crippen LogP contribution < -0.4 is 17.2 Å². The SMILES string of the molecule is COC(=O)c1ccc2c(c1)nc(N)n2C/C=C/Cn1c(N)nc2cc(C(N)=O)ccc21. The third-order valence-corrected chi connectivity index (χ3v) is 5.00. The van der Waals surface area contributed by atoms with Crippen molar-refractivity contribution in [2.75, 3.05) is 18.6 Å². The second-order valence-electron chi connectivity index (χ2n) is 6.90. The summed E-state index contributed by atoms with van der Waals surface area (Å²) >= 11 is 0. The highest BCUT2D eigenvalue weighted by atomic mass is 16.5. The van der Waals surface area contributed by atoms with Gasteiger partial charge in [-0.25, -0.2) is 14.8 Å². The molecule has 0 radical (unpaired) electrons. The van der Waals surface area contributed by atoms with Crippen LogP contribution in [0, 0.1) is 0 Å². The highest BCUT2D eigenvalue weighted by Crippen LogP contribution is 2.21. The molecule has 0 atom stereocenters. The van der Waals surface area contributed by atoms with Gasteiger partial charge in [0.2, 0.25) is 17.8 Å². The summed E-state index contributed by atoms with van der Waals surface area (Å²) in [5.74, 6) is -0.265. The van der Waals surface area contributed by atoms with Crippen LogP contribution in [0.3, 0.4) is 0 Å². The fourth-order valence-corrected chi connectivity index (χ4v) is 3.44. The minimum absolute atomic E-state index is 0.337. The molecule has 0 aliphatic rings. The van der Waals surface area contributed by atoms with E-state index < -0.39 is 11.9 Å². The number of hydrogen-bond acceptors (Lipinski definition) is 7. The van der Waals surface area contributed by atoms with Gasteiger partial charge in [-0.3, -0.25) is 4.79 Å². The van der Waals surface area contributed by atoms with Crippen molar-refractivity contribution in [1.29, 1.82) is 0 Å². The van der Waals surface area contributed by atoms with Crippen LogP contribution in [0.5, 0.6) is 0 Å². The zero-order valence-electron chi connectivity index (χ0n) is 16.8. The first-order valence-corrected chi connectivity index (χ1v) is 9.43. The van der Waals surface area contributed by atoms with Gasteiger partial charge in [-0.05, 0) is 36.4 Å². The Balaban J connectivity index is 1.54. The molecule has 0 fully saturated rings. The molecule has 0 saturated heterocycles. The van der Waals surface area contributed by atoms with E-state index >= 15 is 0 Å². The largest absolute Gasteiger partial charge is 0.465 e. The highest BCUT2D eigenvalue weighted by molar-refractivity contribution is 5.96. The smallest absolute Gasteiger partial charge is 0.337 e. The first-order chi connectivity index (χ1) is 14.9. The van der Waals surface area contributed by atoms with Crippen LogP contribution in [-0.4, -0.2) is 38.1 Å². The van der Waals surface area contributed by atoms with Crippen molar-refractivity contribution < 1.29 is 14.3 Å². The van der Waals surface area contributed by atoms with Crippen LogP contribution in [0.2, 0.25) is 0 Å². The molecular formula is C21H21N7O3. The normalized spacial score (nSPS) is 11.5. The fraction of sp³-hybridized carbons (Fsp3) is 0.143. The summed E-state index contributed by atoms with van der Waals surface area (Å²) in [4.78, 5) is 31.7. The van der Waals surface area contributed by atoms with E-state index in [0.717, 1.165) is 11.0 Å². The topological polar surface area (TPSA) is 157 Å². The Labute approximate surface area is 176 Å². The number of rotatable bonds is 6. The van der Waals surface area contributed by atoms with E-state index in [-0.39, 0.29) is 0 Å². The third-order valence-electron chi connectivity index (χ3n) is 5.00. The predicted molar refractivity (Wildman–Crippen MR) is 117 cm³/mol. The summed E-state index contributed by atoms with van der Waals surface area (Å²) in [6, 6.07) is 10.1. The molecule has 0 saturated carbocycles. The first-order valence-electron chi connectivity index (χ1n) is 9.43. The maximum absolute atomic E-state index is 11.7. The number of methoxy groups -OCH3 is 1. The number of imidazole rings is 2. The summed E-state index contributed by atoms with van der Waals surface area (Å²) in [5.41, 5.74) is 21.0. The van der Waals surface area contributed by atoms with Crippen LogP contribution in [0.4, 0.5) is 11.9 Å². The van der Waals surface area contributed by atoms with Gasteiger partial charge in [0, 0.05) is 18.7 Å². The van der Waals surface area contributed by atoms with Gasteiger partial charge in [0.05, 0.1) is 34.7 Å². The third kappa shape index (κ3) is 3.66. The molecule has 0 aliphatic heterocycles. The maximum atomic E-state index is 11.7. The van der Waals surface area contributed by atoms with Crippen LogP contribution in [0.15, 0.2) is 48.6 Å². The molecule has 0 unspecified atom stereocenters. The number of anilines is 2. The lowest BCUT2D eigenvalue weighted by Gasteiger charge is -2.05. The standard InChI is InChI=1S/C21H21N7O3/c1-31-19(30)13-5-7-17-15(11-13)26-21(24)28(17)9-3-2-8-27-16-6-4-12(18(22)29)10-14(16)25-20(27)23/h2-7,10-11H,8-9H2,1H3,(H2,22,29)(H2,23,25)(H2,24,26)/b3-2+. The fourth-order valence-electron chi connectivity index (χ4n) is 3.44. The monoisotopic (exact) mass is 419 g/mol. The van der Waals surface area contributed by atoms with E-state index in [4.69, 9.17) is 21.9 Å². The van der Waals surface area contributed by atoms with Gasteiger partial charge in [0.1, 0.15) is 0 Å². The van der Waals surface area contributed by atoms with Gasteiger partial charge < -0.3 is 31.1 Å². The molecule has 158 valence electrons. The minimum Gasteiger partial charge on any atom is -0.465 e. The lowest BCUT2D eigenvalue weighted by atomic mass is 10.2. The number of esters is 1. The number of benzene rings is 2. The molecule has 4 rings (SSSR count). The van der Waals surface area contributed by atoms with E-state index in [1.54, 1.807) is 36.4 Å². The number of carbonyl (C=O) groups is 2. The Hall–Kier alpha value is -4.34. The predicted octanol–water partition coefficient (Wildman–Crippen LogP) is 1.69. The van der Waals surface area contributed by atoms with Crippen LogP contribution in [0.25, 0.3) is 22.1 Å². The molecular weight excluding hydrogens is 398 g/mol. The van der Waals surface area contributed by atoms with E-state index in [9.17, 15) is 9.59 Å². The molecule has 2 aromatic heterocycles. The van der Waals surface area contributed by atoms with Gasteiger partial charge in [0.25, 0.3) is 0 Å². The van der Waals surface area contributed by atoms with Crippen molar-refractivity contribution >= 4 is 45.8 Å². The Morgan fingerprint density at radius 2 is 1.39 bits per heavy atom. The second kappa shape index (κ2) is 7.82. The molecule has 0 spiro atoms. The van der Waals surface area contributed by atoms with Crippen molar-refractivity contribution in [2.45, 2.75) is 13.1 Å². The Morgan fingerprint density at radius 1 is 0.903 bits per heavy atom. The van der Waals surface area contributed by atoms with Crippen molar-refractivity contribution in [3.05, 3.63) is 59.7 Å². The van der Waals surface area contributed by atoms with Crippen LogP contribution in [0.1, 0.15) is 20.7 Å². The van der Waals surface area contributed by atoms with E-state index in [0.29, 0.717) is 47.1 Å². The van der Waals surface area contributed by atoms with Gasteiger partial charge in [-0.15, -0.1) is 0 Å². The highest BCUT2D eigenvalue weighted by Gasteiger charge is 2.12. The lowest BCUT2D eigenvalue weighted by Crippen LogP contribution is -2.10. The number of nitrogens with two attached hydrogens (primary N) is 3. The lowest BCUT2D eigenvalue weighted by molar-refractivity contribution is 0.0600. The number of nitrogens with zero attached hydrogens (tertiary/aromatic N) is 4. The number of ether oxygens (including phenoxy) is 1. The molecule has 0 bridgehead atoms. The zero-order chi connectivity index (χ0) is 22.1. The van der Waals surface area contributed by atoms with Crippen molar-refractivity contribution in [1.82, 2.24) is 19.1 Å². The average Bonchev–Trinajstić information content (AvgIpc) is 3.24. The van der Waals surface area contributed by atoms with Crippen molar-refractivity contribution in [3.63, 3.8) is 0 Å². The summed E-state index contributed by atoms with van der Waals surface area (Å²) in [6.07, 6.45) is 3.88. The van der Waals surface area contributed by atoms with Gasteiger partial charge in [0.15, 0.2) is 0 Å². The number of hydrogen-bond donors (Lipinski definition) is 3. The molecule has 1 amide bonds. The Bertz CT molecular complexity index is 1350. The van der Waals surface area contributed by atoms with Crippen molar-refractivity contribution in [2.24, 2.45) is 5.73 Å². The molecule has 6 N–H and O–H groups in total. The van der Waals surface area contributed by atoms with Crippen LogP contribution in [-0.2, 0) is 17.8 Å². The van der Waals surface area contributed by atoms with E-state index in [1.165, 1.54) is 7.11 Å². The molecule has 4 aromatic rings. The van der Waals surface area contributed by atoms with Gasteiger partial charge >= 0.3 is 5.97 Å². The Morgan fingerprint density at radius 3 is 1.87 bits per heavy atom. The molecule has 2 aromatic carbocycles.